The second-order valence-corrected chi connectivity index (χ2v) is 8.05. The van der Waals surface area contributed by atoms with Crippen LogP contribution >= 0.6 is 0 Å². The number of phenols is 1. The minimum Gasteiger partial charge on any atom is -0.507 e. The molecule has 5 rings (SSSR count). The van der Waals surface area contributed by atoms with E-state index in [1.54, 1.807) is 10.9 Å². The molecule has 158 valence electrons. The fraction of sp³-hybridized carbons (Fsp3) is 0.476. The molecule has 30 heavy (non-hydrogen) atoms. The number of aromatic hydroxyl groups is 1. The maximum atomic E-state index is 10.8. The third-order valence-electron chi connectivity index (χ3n) is 6.06. The fourth-order valence-electron chi connectivity index (χ4n) is 4.55. The minimum absolute atomic E-state index is 0.0720. The molecule has 2 aromatic heterocycles. The van der Waals surface area contributed by atoms with Gasteiger partial charge in [0, 0.05) is 43.7 Å². The number of benzene rings is 1. The van der Waals surface area contributed by atoms with Crippen LogP contribution in [-0.2, 0) is 13.5 Å². The molecule has 1 saturated heterocycles. The van der Waals surface area contributed by atoms with Gasteiger partial charge in [-0.3, -0.25) is 9.58 Å². The molecule has 2 aliphatic heterocycles. The number of piperidine rings is 1. The summed E-state index contributed by atoms with van der Waals surface area (Å²) in [6, 6.07) is 3.76. The number of nitrogens with zero attached hydrogens (tertiary/aromatic N) is 5. The van der Waals surface area contributed by atoms with Crippen molar-refractivity contribution in [1.82, 2.24) is 24.9 Å². The Morgan fingerprint density at radius 3 is 2.97 bits per heavy atom. The van der Waals surface area contributed by atoms with E-state index >= 15 is 0 Å². The summed E-state index contributed by atoms with van der Waals surface area (Å²) in [5.41, 5.74) is 2.81. The first kappa shape index (κ1) is 19.1. The van der Waals surface area contributed by atoms with Crippen LogP contribution in [0.1, 0.15) is 18.9 Å². The Kier molecular flexibility index (Phi) is 4.71. The zero-order chi connectivity index (χ0) is 20.8. The number of aliphatic hydroxyl groups is 1. The first-order chi connectivity index (χ1) is 14.5. The Bertz CT molecular complexity index is 1100. The number of β-amino-alcohol motifs (C(OH)–C–C–N with tert-alkyl or cyclic N) is 1. The Morgan fingerprint density at radius 1 is 1.27 bits per heavy atom. The molecular formula is C21H26N6O3. The molecule has 4 heterocycles. The second kappa shape index (κ2) is 7.41. The maximum Gasteiger partial charge on any atom is 0.160 e. The molecule has 9 nitrogen and oxygen atoms in total. The van der Waals surface area contributed by atoms with Crippen molar-refractivity contribution in [2.24, 2.45) is 7.05 Å². The summed E-state index contributed by atoms with van der Waals surface area (Å²) in [5.74, 6) is 1.55. The number of rotatable bonds is 4. The number of nitrogens with one attached hydrogen (secondary N) is 1. The highest BCUT2D eigenvalue weighted by atomic mass is 16.5. The van der Waals surface area contributed by atoms with E-state index in [4.69, 9.17) is 4.74 Å². The van der Waals surface area contributed by atoms with E-state index in [1.165, 1.54) is 0 Å². The Hall–Kier alpha value is -2.91. The van der Waals surface area contributed by atoms with Crippen molar-refractivity contribution in [3.63, 3.8) is 0 Å². The van der Waals surface area contributed by atoms with E-state index in [0.29, 0.717) is 43.1 Å². The van der Waals surface area contributed by atoms with Crippen LogP contribution in [0.4, 0.5) is 5.82 Å². The lowest BCUT2D eigenvalue weighted by Crippen LogP contribution is -2.48. The predicted octanol–water partition coefficient (Wildman–Crippen LogP) is 1.54. The molecule has 0 aliphatic carbocycles. The lowest BCUT2D eigenvalue weighted by atomic mass is 10.0. The monoisotopic (exact) mass is 410 g/mol. The highest BCUT2D eigenvalue weighted by Crippen LogP contribution is 2.42. The van der Waals surface area contributed by atoms with Gasteiger partial charge in [-0.15, -0.1) is 10.2 Å². The molecule has 2 atom stereocenters. The summed E-state index contributed by atoms with van der Waals surface area (Å²) in [4.78, 5) is 2.22. The van der Waals surface area contributed by atoms with E-state index in [1.807, 2.05) is 19.2 Å². The summed E-state index contributed by atoms with van der Waals surface area (Å²) in [7, 11) is 1.86. The van der Waals surface area contributed by atoms with Gasteiger partial charge in [-0.25, -0.2) is 0 Å². The van der Waals surface area contributed by atoms with Crippen LogP contribution in [0.2, 0.25) is 0 Å². The summed E-state index contributed by atoms with van der Waals surface area (Å²) in [6.45, 7) is 5.10. The van der Waals surface area contributed by atoms with Crippen molar-refractivity contribution >= 4 is 16.7 Å². The van der Waals surface area contributed by atoms with Gasteiger partial charge in [0.25, 0.3) is 0 Å². The number of aryl methyl sites for hydroxylation is 1. The number of aromatic nitrogens is 4. The van der Waals surface area contributed by atoms with Gasteiger partial charge in [-0.05, 0) is 25.1 Å². The zero-order valence-electron chi connectivity index (χ0n) is 17.2. The van der Waals surface area contributed by atoms with Crippen LogP contribution in [0.15, 0.2) is 18.3 Å². The molecule has 1 fully saturated rings. The molecule has 9 heteroatoms. The molecule has 0 bridgehead atoms. The van der Waals surface area contributed by atoms with Gasteiger partial charge >= 0.3 is 0 Å². The van der Waals surface area contributed by atoms with Gasteiger partial charge < -0.3 is 20.3 Å². The van der Waals surface area contributed by atoms with E-state index in [9.17, 15) is 10.2 Å². The predicted molar refractivity (Wildman–Crippen MR) is 113 cm³/mol. The molecule has 2 aliphatic rings. The SMILES string of the molecule is CCN1CC(Nc2nnc(-c3ccc4c(c3O)CCO4)c3c2cnn3C)C[C@@H](O)C1. The average Bonchev–Trinajstić information content (AvgIpc) is 3.36. The third-order valence-corrected chi connectivity index (χ3v) is 6.06. The number of likely N-dealkylation sites (N-methyl/N-ethyl adjacent to an activating group) is 1. The molecule has 0 spiro atoms. The number of anilines is 1. The van der Waals surface area contributed by atoms with Gasteiger partial charge in [0.15, 0.2) is 5.82 Å². The fourth-order valence-corrected chi connectivity index (χ4v) is 4.55. The Balaban J connectivity index is 1.54. The van der Waals surface area contributed by atoms with Crippen LogP contribution in [0.3, 0.4) is 0 Å². The maximum absolute atomic E-state index is 10.8. The second-order valence-electron chi connectivity index (χ2n) is 8.05. The van der Waals surface area contributed by atoms with Crippen molar-refractivity contribution < 1.29 is 14.9 Å². The van der Waals surface area contributed by atoms with Crippen molar-refractivity contribution in [3.05, 3.63) is 23.9 Å². The molecule has 0 saturated carbocycles. The molecule has 3 aromatic rings. The van der Waals surface area contributed by atoms with Gasteiger partial charge in [0.2, 0.25) is 0 Å². The van der Waals surface area contributed by atoms with Crippen LogP contribution < -0.4 is 10.1 Å². The van der Waals surface area contributed by atoms with E-state index in [-0.39, 0.29) is 17.9 Å². The zero-order valence-corrected chi connectivity index (χ0v) is 17.2. The molecule has 1 unspecified atom stereocenters. The smallest absolute Gasteiger partial charge is 0.160 e. The number of likely N-dealkylation sites (tertiary alicyclic amines) is 1. The number of aliphatic hydroxyl groups excluding tert-OH is 1. The largest absolute Gasteiger partial charge is 0.507 e. The molecule has 1 aromatic carbocycles. The summed E-state index contributed by atoms with van der Waals surface area (Å²) < 4.78 is 7.30. The van der Waals surface area contributed by atoms with Gasteiger partial charge in [0.05, 0.1) is 29.8 Å². The van der Waals surface area contributed by atoms with Crippen molar-refractivity contribution in [3.8, 4) is 22.8 Å². The molecule has 0 radical (unpaired) electrons. The Labute approximate surface area is 174 Å². The number of phenolic OH excluding ortho intramolecular Hbond substituents is 1. The van der Waals surface area contributed by atoms with Crippen LogP contribution in [0, 0.1) is 0 Å². The molecule has 0 amide bonds. The number of hydrogen-bond acceptors (Lipinski definition) is 8. The van der Waals surface area contributed by atoms with Crippen LogP contribution in [0.25, 0.3) is 22.2 Å². The normalized spacial score (nSPS) is 21.6. The van der Waals surface area contributed by atoms with Gasteiger partial charge in [-0.2, -0.15) is 5.10 Å². The lowest BCUT2D eigenvalue weighted by Gasteiger charge is -2.35. The van der Waals surface area contributed by atoms with Crippen molar-refractivity contribution in [2.45, 2.75) is 31.9 Å². The first-order valence-electron chi connectivity index (χ1n) is 10.4. The van der Waals surface area contributed by atoms with Gasteiger partial charge in [0.1, 0.15) is 17.2 Å². The van der Waals surface area contributed by atoms with Crippen molar-refractivity contribution in [1.29, 1.82) is 0 Å². The van der Waals surface area contributed by atoms with Gasteiger partial charge in [-0.1, -0.05) is 6.92 Å². The standard InChI is InChI=1S/C21H26N6O3/c1-3-27-10-12(8-13(28)11-27)23-21-16-9-22-26(2)19(16)18(24-25-21)15-4-5-17-14(20(15)29)6-7-30-17/h4-5,9,12-13,28-29H,3,6-8,10-11H2,1-2H3,(H,23,25)/t12?,13-/m1/s1. The quantitative estimate of drug-likeness (QED) is 0.594. The molecule has 3 N–H and O–H groups in total. The minimum atomic E-state index is -0.363. The van der Waals surface area contributed by atoms with E-state index in [2.05, 4.69) is 32.4 Å². The first-order valence-corrected chi connectivity index (χ1v) is 10.4. The number of ether oxygens (including phenoxy) is 1. The van der Waals surface area contributed by atoms with Crippen LogP contribution in [-0.4, -0.2) is 73.5 Å². The highest BCUT2D eigenvalue weighted by molar-refractivity contribution is 5.98. The third kappa shape index (κ3) is 3.14. The highest BCUT2D eigenvalue weighted by Gasteiger charge is 2.27. The summed E-state index contributed by atoms with van der Waals surface area (Å²) in [5, 5.41) is 38.7. The lowest BCUT2D eigenvalue weighted by molar-refractivity contribution is 0.0671. The van der Waals surface area contributed by atoms with E-state index < -0.39 is 0 Å². The summed E-state index contributed by atoms with van der Waals surface area (Å²) in [6.07, 6.45) is 2.74. The van der Waals surface area contributed by atoms with Crippen LogP contribution in [0.5, 0.6) is 11.5 Å². The van der Waals surface area contributed by atoms with E-state index in [0.717, 1.165) is 35.3 Å². The number of hydrogen-bond donors (Lipinski definition) is 3. The van der Waals surface area contributed by atoms with Crippen molar-refractivity contribution in [2.75, 3.05) is 31.6 Å². The molecular weight excluding hydrogens is 384 g/mol. The summed E-state index contributed by atoms with van der Waals surface area (Å²) >= 11 is 0. The number of fused-ring (bicyclic) bond motifs is 2. The Morgan fingerprint density at radius 2 is 2.13 bits per heavy atom. The average molecular weight is 410 g/mol. The topological polar surface area (TPSA) is 109 Å².